The van der Waals surface area contributed by atoms with Gasteiger partial charge < -0.3 is 5.32 Å². The quantitative estimate of drug-likeness (QED) is 0.894. The van der Waals surface area contributed by atoms with Crippen LogP contribution in [0.5, 0.6) is 0 Å². The molecule has 0 bridgehead atoms. The van der Waals surface area contributed by atoms with Crippen LogP contribution in [0.25, 0.3) is 11.3 Å². The van der Waals surface area contributed by atoms with Crippen molar-refractivity contribution in [1.29, 1.82) is 0 Å². The summed E-state index contributed by atoms with van der Waals surface area (Å²) in [6.07, 6.45) is 1.01. The van der Waals surface area contributed by atoms with Crippen molar-refractivity contribution >= 4 is 0 Å². The molecule has 0 aliphatic heterocycles. The molecule has 0 fully saturated rings. The maximum Gasteiger partial charge on any atom is 0.0955 e. The van der Waals surface area contributed by atoms with Crippen LogP contribution < -0.4 is 5.32 Å². The summed E-state index contributed by atoms with van der Waals surface area (Å²) in [5.41, 5.74) is 6.18. The average Bonchev–Trinajstić information content (AvgIpc) is 2.63. The van der Waals surface area contributed by atoms with Crippen molar-refractivity contribution in [2.75, 3.05) is 13.6 Å². The van der Waals surface area contributed by atoms with E-state index in [2.05, 4.69) is 48.5 Å². The zero-order valence-corrected chi connectivity index (χ0v) is 11.6. The molecule has 1 heterocycles. The molecule has 0 spiro atoms. The first kappa shape index (κ1) is 12.8. The van der Waals surface area contributed by atoms with Crippen molar-refractivity contribution in [3.63, 3.8) is 0 Å². The Labute approximate surface area is 109 Å². The number of nitrogens with one attached hydrogen (secondary N) is 1. The fraction of sp³-hybridized carbons (Fsp3) is 0.400. The fourth-order valence-electron chi connectivity index (χ4n) is 2.32. The molecule has 0 saturated heterocycles. The second-order valence-electron chi connectivity index (χ2n) is 4.77. The molecular weight excluding hydrogens is 222 g/mol. The molecule has 1 N–H and O–H groups in total. The zero-order valence-electron chi connectivity index (χ0n) is 11.6. The third kappa shape index (κ3) is 2.46. The molecule has 3 heteroatoms. The number of benzene rings is 1. The first-order valence-corrected chi connectivity index (χ1v) is 6.37. The zero-order chi connectivity index (χ0) is 13.1. The summed E-state index contributed by atoms with van der Waals surface area (Å²) in [5, 5.41) is 7.85. The first-order chi connectivity index (χ1) is 8.63. The molecular formula is C15H21N3. The summed E-state index contributed by atoms with van der Waals surface area (Å²) >= 11 is 0. The summed E-state index contributed by atoms with van der Waals surface area (Å²) in [4.78, 5) is 0. The van der Waals surface area contributed by atoms with E-state index in [9.17, 15) is 0 Å². The maximum absolute atomic E-state index is 4.66. The number of nitrogens with zero attached hydrogens (tertiary/aromatic N) is 2. The van der Waals surface area contributed by atoms with Crippen LogP contribution in [-0.4, -0.2) is 23.4 Å². The Morgan fingerprint density at radius 3 is 2.72 bits per heavy atom. The topological polar surface area (TPSA) is 29.9 Å². The highest BCUT2D eigenvalue weighted by Gasteiger charge is 2.13. The summed E-state index contributed by atoms with van der Waals surface area (Å²) in [5.74, 6) is 0. The Balaban J connectivity index is 2.40. The lowest BCUT2D eigenvalue weighted by Gasteiger charge is -2.03. The second-order valence-corrected chi connectivity index (χ2v) is 4.77. The summed E-state index contributed by atoms with van der Waals surface area (Å²) < 4.78 is 2.00. The maximum atomic E-state index is 4.66. The third-order valence-electron chi connectivity index (χ3n) is 3.33. The summed E-state index contributed by atoms with van der Waals surface area (Å²) in [6.45, 7) is 5.26. The van der Waals surface area contributed by atoms with Crippen molar-refractivity contribution < 1.29 is 0 Å². The van der Waals surface area contributed by atoms with E-state index in [0.717, 1.165) is 18.7 Å². The Morgan fingerprint density at radius 1 is 1.28 bits per heavy atom. The van der Waals surface area contributed by atoms with E-state index in [1.54, 1.807) is 0 Å². The van der Waals surface area contributed by atoms with Crippen molar-refractivity contribution in [3.05, 3.63) is 41.1 Å². The van der Waals surface area contributed by atoms with Gasteiger partial charge in [-0.25, -0.2) is 0 Å². The molecule has 0 atom stereocenters. The van der Waals surface area contributed by atoms with Gasteiger partial charge in [0.15, 0.2) is 0 Å². The number of aryl methyl sites for hydroxylation is 2. The molecule has 0 aliphatic carbocycles. The van der Waals surface area contributed by atoms with Gasteiger partial charge in [-0.2, -0.15) is 5.10 Å². The fourth-order valence-corrected chi connectivity index (χ4v) is 2.32. The smallest absolute Gasteiger partial charge is 0.0955 e. The first-order valence-electron chi connectivity index (χ1n) is 6.37. The van der Waals surface area contributed by atoms with Crippen LogP contribution in [0.4, 0.5) is 0 Å². The Bertz CT molecular complexity index is 541. The highest BCUT2D eigenvalue weighted by atomic mass is 15.3. The lowest BCUT2D eigenvalue weighted by molar-refractivity contribution is 0.680. The molecule has 2 aromatic rings. The van der Waals surface area contributed by atoms with E-state index in [4.69, 9.17) is 0 Å². The van der Waals surface area contributed by atoms with E-state index < -0.39 is 0 Å². The number of rotatable bonds is 4. The van der Waals surface area contributed by atoms with Crippen LogP contribution in [0.1, 0.15) is 16.8 Å². The highest BCUT2D eigenvalue weighted by molar-refractivity contribution is 5.64. The molecule has 0 amide bonds. The average molecular weight is 243 g/mol. The van der Waals surface area contributed by atoms with Gasteiger partial charge in [-0.1, -0.05) is 23.8 Å². The minimum Gasteiger partial charge on any atom is -0.319 e. The van der Waals surface area contributed by atoms with Gasteiger partial charge in [0.25, 0.3) is 0 Å². The molecule has 2 rings (SSSR count). The van der Waals surface area contributed by atoms with Gasteiger partial charge in [0.05, 0.1) is 5.69 Å². The van der Waals surface area contributed by atoms with Crippen molar-refractivity contribution in [3.8, 4) is 11.3 Å². The molecule has 96 valence electrons. The SMILES string of the molecule is CNCCc1c(C)c(-c2cccc(C)c2)nn1C. The molecule has 0 aliphatic rings. The van der Waals surface area contributed by atoms with E-state index in [1.807, 2.05) is 18.8 Å². The largest absolute Gasteiger partial charge is 0.319 e. The Morgan fingerprint density at radius 2 is 2.06 bits per heavy atom. The summed E-state index contributed by atoms with van der Waals surface area (Å²) in [6, 6.07) is 8.52. The molecule has 1 aromatic heterocycles. The monoisotopic (exact) mass is 243 g/mol. The number of likely N-dealkylation sites (N-methyl/N-ethyl adjacent to an activating group) is 1. The minimum atomic E-state index is 0.980. The second kappa shape index (κ2) is 5.36. The van der Waals surface area contributed by atoms with Crippen molar-refractivity contribution in [2.45, 2.75) is 20.3 Å². The van der Waals surface area contributed by atoms with Gasteiger partial charge in [0.2, 0.25) is 0 Å². The lowest BCUT2D eigenvalue weighted by Crippen LogP contribution is -2.13. The molecule has 1 aromatic carbocycles. The van der Waals surface area contributed by atoms with Crippen LogP contribution in [0.3, 0.4) is 0 Å². The number of hydrogen-bond donors (Lipinski definition) is 1. The van der Waals surface area contributed by atoms with Crippen LogP contribution in [0.2, 0.25) is 0 Å². The van der Waals surface area contributed by atoms with E-state index >= 15 is 0 Å². The molecule has 0 saturated carbocycles. The van der Waals surface area contributed by atoms with Gasteiger partial charge in [-0.3, -0.25) is 4.68 Å². The van der Waals surface area contributed by atoms with E-state index in [0.29, 0.717) is 0 Å². The van der Waals surface area contributed by atoms with Crippen LogP contribution in [0, 0.1) is 13.8 Å². The highest BCUT2D eigenvalue weighted by Crippen LogP contribution is 2.25. The molecule has 0 unspecified atom stereocenters. The third-order valence-corrected chi connectivity index (χ3v) is 3.33. The van der Waals surface area contributed by atoms with Gasteiger partial charge in [-0.15, -0.1) is 0 Å². The van der Waals surface area contributed by atoms with E-state index in [-0.39, 0.29) is 0 Å². The van der Waals surface area contributed by atoms with Gasteiger partial charge >= 0.3 is 0 Å². The number of aromatic nitrogens is 2. The van der Waals surface area contributed by atoms with Crippen LogP contribution >= 0.6 is 0 Å². The lowest BCUT2D eigenvalue weighted by atomic mass is 10.0. The molecule has 3 nitrogen and oxygen atoms in total. The normalized spacial score (nSPS) is 10.9. The van der Waals surface area contributed by atoms with Crippen molar-refractivity contribution in [1.82, 2.24) is 15.1 Å². The predicted molar refractivity (Wildman–Crippen MR) is 75.7 cm³/mol. The molecule has 18 heavy (non-hydrogen) atoms. The van der Waals surface area contributed by atoms with Crippen molar-refractivity contribution in [2.24, 2.45) is 7.05 Å². The predicted octanol–water partition coefficient (Wildman–Crippen LogP) is 2.47. The molecule has 0 radical (unpaired) electrons. The van der Waals surface area contributed by atoms with Crippen LogP contribution in [0.15, 0.2) is 24.3 Å². The van der Waals surface area contributed by atoms with Crippen LogP contribution in [-0.2, 0) is 13.5 Å². The standard InChI is InChI=1S/C15H21N3/c1-11-6-5-7-13(10-11)15-12(2)14(8-9-16-3)18(4)17-15/h5-7,10,16H,8-9H2,1-4H3. The van der Waals surface area contributed by atoms with Gasteiger partial charge in [-0.05, 0) is 32.5 Å². The van der Waals surface area contributed by atoms with Gasteiger partial charge in [0, 0.05) is 31.3 Å². The Kier molecular flexibility index (Phi) is 3.82. The van der Waals surface area contributed by atoms with E-state index in [1.165, 1.54) is 22.4 Å². The number of hydrogen-bond acceptors (Lipinski definition) is 2. The minimum absolute atomic E-state index is 0.980. The Hall–Kier alpha value is -1.61. The van der Waals surface area contributed by atoms with Gasteiger partial charge in [0.1, 0.15) is 0 Å². The summed E-state index contributed by atoms with van der Waals surface area (Å²) in [7, 11) is 4.00.